The zero-order valence-electron chi connectivity index (χ0n) is 33.2. The Morgan fingerprint density at radius 3 is 1.51 bits per heavy atom. The molecule has 61 heavy (non-hydrogen) atoms. The molecule has 1 fully saturated rings. The van der Waals surface area contributed by atoms with Crippen molar-refractivity contribution in [2.45, 2.75) is 42.7 Å². The molecule has 0 spiro atoms. The molecule has 1 aliphatic rings. The van der Waals surface area contributed by atoms with Gasteiger partial charge in [-0.05, 0) is 33.4 Å². The monoisotopic (exact) mass is 809 g/mol. The van der Waals surface area contributed by atoms with Crippen LogP contribution < -0.4 is 10.9 Å². The molecule has 2 aromatic heterocycles. The summed E-state index contributed by atoms with van der Waals surface area (Å²) in [5.41, 5.74) is 2.27. The standard InChI is InChI=1S/C50H43N5O6/c1-34(56)52-48-53-45-42(46(58)54-48)51-33-55(45)47-44(61-50(38-26-14-5-15-27-38,39-28-16-6-17-29-39)40-30-18-7-19-31-40)43(57)41(60-47)32-59-49(35-20-8-2-9-21-35,36-22-10-3-11-23-36)37-24-12-4-13-25-37/h2-31,33,41,43-44,47,57H,32H2,1H3,(H2,52,53,54,56,58)/t41-,43-,44-,47-/m1/s1. The van der Waals surface area contributed by atoms with Gasteiger partial charge in [0.2, 0.25) is 11.9 Å². The minimum Gasteiger partial charge on any atom is -0.387 e. The van der Waals surface area contributed by atoms with E-state index >= 15 is 0 Å². The Hall–Kier alpha value is -7.02. The molecular formula is C50H43N5O6. The van der Waals surface area contributed by atoms with Crippen molar-refractivity contribution in [2.75, 3.05) is 11.9 Å². The van der Waals surface area contributed by atoms with Crippen molar-refractivity contribution >= 4 is 23.0 Å². The summed E-state index contributed by atoms with van der Waals surface area (Å²) in [6.45, 7) is 1.23. The molecule has 0 saturated carbocycles. The first-order chi connectivity index (χ1) is 29.9. The van der Waals surface area contributed by atoms with E-state index in [-0.39, 0.29) is 23.7 Å². The van der Waals surface area contributed by atoms with Crippen LogP contribution in [0.15, 0.2) is 193 Å². The van der Waals surface area contributed by atoms with Gasteiger partial charge in [0.25, 0.3) is 5.56 Å². The molecule has 0 bridgehead atoms. The number of H-pyrrole nitrogens is 1. The fourth-order valence-electron chi connectivity index (χ4n) is 8.45. The van der Waals surface area contributed by atoms with Crippen LogP contribution in [-0.4, -0.2) is 55.5 Å². The maximum Gasteiger partial charge on any atom is 0.280 e. The van der Waals surface area contributed by atoms with Gasteiger partial charge in [-0.3, -0.25) is 24.5 Å². The van der Waals surface area contributed by atoms with Crippen LogP contribution in [0.5, 0.6) is 0 Å². The molecule has 9 rings (SSSR count). The molecule has 11 nitrogen and oxygen atoms in total. The predicted molar refractivity (Wildman–Crippen MR) is 232 cm³/mol. The lowest BCUT2D eigenvalue weighted by Crippen LogP contribution is -2.45. The number of aliphatic hydroxyl groups is 1. The number of carbonyl (C=O) groups is 1. The molecule has 0 aliphatic carbocycles. The van der Waals surface area contributed by atoms with Crippen LogP contribution in [0, 0.1) is 0 Å². The van der Waals surface area contributed by atoms with Crippen LogP contribution in [0.4, 0.5) is 5.95 Å². The molecule has 3 heterocycles. The number of nitrogens with zero attached hydrogens (tertiary/aromatic N) is 3. The smallest absolute Gasteiger partial charge is 0.280 e. The predicted octanol–water partition coefficient (Wildman–Crippen LogP) is 7.72. The van der Waals surface area contributed by atoms with E-state index in [1.165, 1.54) is 13.3 Å². The maximum absolute atomic E-state index is 13.4. The molecule has 304 valence electrons. The second-order valence-electron chi connectivity index (χ2n) is 14.9. The summed E-state index contributed by atoms with van der Waals surface area (Å²) in [5, 5.41) is 15.4. The van der Waals surface area contributed by atoms with Crippen molar-refractivity contribution in [2.24, 2.45) is 0 Å². The minimum atomic E-state index is -1.31. The van der Waals surface area contributed by atoms with Gasteiger partial charge in [-0.15, -0.1) is 0 Å². The lowest BCUT2D eigenvalue weighted by atomic mass is 9.79. The fourth-order valence-corrected chi connectivity index (χ4v) is 8.45. The zero-order valence-corrected chi connectivity index (χ0v) is 33.2. The number of carbonyl (C=O) groups excluding carboxylic acids is 1. The second kappa shape index (κ2) is 16.9. The van der Waals surface area contributed by atoms with Crippen LogP contribution in [0.2, 0.25) is 0 Å². The lowest BCUT2D eigenvalue weighted by molar-refractivity contribution is -0.122. The van der Waals surface area contributed by atoms with E-state index < -0.39 is 47.2 Å². The summed E-state index contributed by atoms with van der Waals surface area (Å²) in [4.78, 5) is 37.1. The van der Waals surface area contributed by atoms with Crippen molar-refractivity contribution in [1.29, 1.82) is 0 Å². The Bertz CT molecular complexity index is 2580. The summed E-state index contributed by atoms with van der Waals surface area (Å²) in [5.74, 6) is -0.482. The minimum absolute atomic E-state index is 0.0160. The summed E-state index contributed by atoms with van der Waals surface area (Å²) in [7, 11) is 0. The number of benzene rings is 6. The molecule has 6 aromatic carbocycles. The molecule has 11 heteroatoms. The number of fused-ring (bicyclic) bond motifs is 1. The first kappa shape index (κ1) is 39.4. The number of hydrogen-bond acceptors (Lipinski definition) is 8. The van der Waals surface area contributed by atoms with Crippen LogP contribution >= 0.6 is 0 Å². The van der Waals surface area contributed by atoms with Crippen molar-refractivity contribution in [3.05, 3.63) is 232 Å². The average Bonchev–Trinajstić information content (AvgIpc) is 3.87. The Morgan fingerprint density at radius 1 is 0.689 bits per heavy atom. The zero-order chi connectivity index (χ0) is 41.8. The highest BCUT2D eigenvalue weighted by Gasteiger charge is 2.52. The van der Waals surface area contributed by atoms with Gasteiger partial charge in [-0.2, -0.15) is 4.98 Å². The van der Waals surface area contributed by atoms with Crippen LogP contribution in [0.3, 0.4) is 0 Å². The van der Waals surface area contributed by atoms with Gasteiger partial charge in [-0.1, -0.05) is 182 Å². The van der Waals surface area contributed by atoms with E-state index in [1.807, 2.05) is 182 Å². The molecule has 3 N–H and O–H groups in total. The normalized spacial score (nSPS) is 17.9. The molecule has 1 aliphatic heterocycles. The number of imidazole rings is 1. The highest BCUT2D eigenvalue weighted by atomic mass is 16.6. The number of ether oxygens (including phenoxy) is 3. The van der Waals surface area contributed by atoms with Gasteiger partial charge in [-0.25, -0.2) is 4.98 Å². The van der Waals surface area contributed by atoms with Gasteiger partial charge >= 0.3 is 0 Å². The highest BCUT2D eigenvalue weighted by Crippen LogP contribution is 2.47. The number of aromatic nitrogens is 4. The maximum atomic E-state index is 13.4. The van der Waals surface area contributed by atoms with Crippen molar-refractivity contribution in [3.8, 4) is 0 Å². The third-order valence-corrected chi connectivity index (χ3v) is 11.2. The summed E-state index contributed by atoms with van der Waals surface area (Å²) >= 11 is 0. The highest BCUT2D eigenvalue weighted by molar-refractivity contribution is 5.87. The third kappa shape index (κ3) is 7.34. The quantitative estimate of drug-likeness (QED) is 0.101. The number of aromatic amines is 1. The first-order valence-electron chi connectivity index (χ1n) is 20.1. The van der Waals surface area contributed by atoms with Crippen LogP contribution in [0.25, 0.3) is 11.2 Å². The van der Waals surface area contributed by atoms with Gasteiger partial charge in [0.05, 0.1) is 12.9 Å². The van der Waals surface area contributed by atoms with Crippen molar-refractivity contribution in [3.63, 3.8) is 0 Å². The second-order valence-corrected chi connectivity index (χ2v) is 14.9. The van der Waals surface area contributed by atoms with E-state index in [0.717, 1.165) is 33.4 Å². The number of anilines is 1. The molecule has 1 saturated heterocycles. The summed E-state index contributed by atoms with van der Waals surface area (Å²) < 4.78 is 23.3. The number of amides is 1. The Labute approximate surface area is 352 Å². The summed E-state index contributed by atoms with van der Waals surface area (Å²) in [6, 6.07) is 59.5. The van der Waals surface area contributed by atoms with Crippen molar-refractivity contribution < 1.29 is 24.1 Å². The Balaban J connectivity index is 1.21. The Kier molecular flexibility index (Phi) is 10.9. The van der Waals surface area contributed by atoms with Crippen molar-refractivity contribution in [1.82, 2.24) is 19.5 Å². The number of hydrogen-bond donors (Lipinski definition) is 3. The van der Waals surface area contributed by atoms with E-state index in [0.29, 0.717) is 0 Å². The molecule has 0 unspecified atom stereocenters. The SMILES string of the molecule is CC(=O)Nc1nc2c(ncn2[C@@H]2O[C@H](COC(c3ccccc3)(c3ccccc3)c3ccccc3)[C@@H](O)[C@H]2OC(c2ccccc2)(c2ccccc2)c2ccccc2)c(=O)[nH]1. The lowest BCUT2D eigenvalue weighted by Gasteiger charge is -2.40. The van der Waals surface area contributed by atoms with Gasteiger partial charge < -0.3 is 19.3 Å². The van der Waals surface area contributed by atoms with Crippen LogP contribution in [-0.2, 0) is 30.2 Å². The number of nitrogens with one attached hydrogen (secondary N) is 2. The average molecular weight is 810 g/mol. The summed E-state index contributed by atoms with van der Waals surface area (Å²) in [6.07, 6.45) is -3.09. The van der Waals surface area contributed by atoms with E-state index in [9.17, 15) is 14.7 Å². The van der Waals surface area contributed by atoms with E-state index in [2.05, 4.69) is 20.3 Å². The van der Waals surface area contributed by atoms with Gasteiger partial charge in [0.15, 0.2) is 17.4 Å². The molecule has 0 radical (unpaired) electrons. The van der Waals surface area contributed by atoms with Gasteiger partial charge in [0.1, 0.15) is 29.5 Å². The first-order valence-corrected chi connectivity index (χ1v) is 20.1. The molecular weight excluding hydrogens is 767 g/mol. The van der Waals surface area contributed by atoms with E-state index in [4.69, 9.17) is 14.2 Å². The largest absolute Gasteiger partial charge is 0.387 e. The number of rotatable bonds is 13. The van der Waals surface area contributed by atoms with Gasteiger partial charge in [0, 0.05) is 6.92 Å². The molecule has 8 aromatic rings. The number of aliphatic hydroxyl groups excluding tert-OH is 1. The molecule has 4 atom stereocenters. The Morgan fingerprint density at radius 2 is 1.10 bits per heavy atom. The molecule has 1 amide bonds. The van der Waals surface area contributed by atoms with E-state index in [1.54, 1.807) is 4.57 Å². The topological polar surface area (TPSA) is 141 Å². The third-order valence-electron chi connectivity index (χ3n) is 11.2. The van der Waals surface area contributed by atoms with Crippen LogP contribution in [0.1, 0.15) is 46.5 Å². The fraction of sp³-hybridized carbons (Fsp3) is 0.160.